The number of halogens is 1. The molecule has 6 rings (SSSR count). The third-order valence-electron chi connectivity index (χ3n) is 6.18. The SMILES string of the molecule is O=C1CCc2c(Oc3ccc4c(c3)CC(c3ncc(-c5ccc(F)cc5)[nH]3)CO4)ccnc2N1. The number of carbonyl (C=O) groups is 1. The quantitative estimate of drug-likeness (QED) is 0.451. The van der Waals surface area contributed by atoms with Crippen molar-refractivity contribution >= 4 is 11.7 Å². The van der Waals surface area contributed by atoms with Gasteiger partial charge in [0.05, 0.1) is 24.4 Å². The molecule has 2 aliphatic heterocycles. The summed E-state index contributed by atoms with van der Waals surface area (Å²) in [5, 5.41) is 2.80. The van der Waals surface area contributed by atoms with Gasteiger partial charge in [-0.1, -0.05) is 0 Å². The van der Waals surface area contributed by atoms with Gasteiger partial charge < -0.3 is 19.8 Å². The number of aromatic amines is 1. The van der Waals surface area contributed by atoms with Gasteiger partial charge in [0.15, 0.2) is 0 Å². The van der Waals surface area contributed by atoms with E-state index in [1.807, 2.05) is 24.3 Å². The van der Waals surface area contributed by atoms with E-state index in [0.29, 0.717) is 36.8 Å². The van der Waals surface area contributed by atoms with Crippen LogP contribution in [0.2, 0.25) is 0 Å². The highest BCUT2D eigenvalue weighted by Gasteiger charge is 2.25. The average molecular weight is 456 g/mol. The van der Waals surface area contributed by atoms with Crippen LogP contribution in [-0.2, 0) is 17.6 Å². The normalized spacial score (nSPS) is 16.7. The lowest BCUT2D eigenvalue weighted by molar-refractivity contribution is -0.116. The smallest absolute Gasteiger partial charge is 0.225 e. The van der Waals surface area contributed by atoms with Crippen LogP contribution in [0.3, 0.4) is 0 Å². The summed E-state index contributed by atoms with van der Waals surface area (Å²) in [6.07, 6.45) is 5.15. The number of anilines is 1. The Morgan fingerprint density at radius 2 is 1.94 bits per heavy atom. The number of benzene rings is 2. The van der Waals surface area contributed by atoms with Crippen LogP contribution in [-0.4, -0.2) is 27.5 Å². The molecule has 1 amide bonds. The maximum atomic E-state index is 13.2. The Kier molecular flexibility index (Phi) is 4.98. The number of imidazole rings is 1. The number of hydrogen-bond acceptors (Lipinski definition) is 5. The fraction of sp³-hybridized carbons (Fsp3) is 0.192. The fourth-order valence-electron chi connectivity index (χ4n) is 4.41. The summed E-state index contributed by atoms with van der Waals surface area (Å²) >= 11 is 0. The molecular weight excluding hydrogens is 435 g/mol. The molecule has 2 aromatic carbocycles. The fourth-order valence-corrected chi connectivity index (χ4v) is 4.41. The summed E-state index contributed by atoms with van der Waals surface area (Å²) < 4.78 is 25.4. The Bertz CT molecular complexity index is 1380. The second-order valence-corrected chi connectivity index (χ2v) is 8.46. The molecule has 0 saturated carbocycles. The van der Waals surface area contributed by atoms with Gasteiger partial charge in [-0.05, 0) is 72.5 Å². The number of H-pyrrole nitrogens is 1. The average Bonchev–Trinajstić information content (AvgIpc) is 3.34. The van der Waals surface area contributed by atoms with Gasteiger partial charge in [0.1, 0.15) is 34.7 Å². The van der Waals surface area contributed by atoms with Gasteiger partial charge in [0, 0.05) is 18.2 Å². The molecular formula is C26H21FN4O3. The van der Waals surface area contributed by atoms with Gasteiger partial charge in [-0.15, -0.1) is 0 Å². The minimum absolute atomic E-state index is 0.0327. The number of carbonyl (C=O) groups excluding carboxylic acids is 1. The van der Waals surface area contributed by atoms with Crippen LogP contribution in [0.25, 0.3) is 11.3 Å². The van der Waals surface area contributed by atoms with E-state index in [9.17, 15) is 9.18 Å². The summed E-state index contributed by atoms with van der Waals surface area (Å²) in [5.41, 5.74) is 3.65. The van der Waals surface area contributed by atoms with E-state index < -0.39 is 0 Å². The topological polar surface area (TPSA) is 89.1 Å². The highest BCUT2D eigenvalue weighted by Crippen LogP contribution is 2.37. The van der Waals surface area contributed by atoms with Crippen LogP contribution in [0.5, 0.6) is 17.2 Å². The standard InChI is InChI=1S/C26H21FN4O3/c27-18-3-1-15(2-4-18)21-13-29-25(30-21)17-11-16-12-19(5-7-22(16)33-14-17)34-23-9-10-28-26-20(23)6-8-24(32)31-26/h1-5,7,9-10,12-13,17H,6,8,11,14H2,(H,29,30)(H,28,31,32). The first-order chi connectivity index (χ1) is 16.6. The van der Waals surface area contributed by atoms with Gasteiger partial charge >= 0.3 is 0 Å². The van der Waals surface area contributed by atoms with Crippen molar-refractivity contribution in [1.82, 2.24) is 15.0 Å². The van der Waals surface area contributed by atoms with E-state index in [4.69, 9.17) is 9.47 Å². The van der Waals surface area contributed by atoms with E-state index in [0.717, 1.165) is 40.4 Å². The summed E-state index contributed by atoms with van der Waals surface area (Å²) in [6, 6.07) is 13.9. The van der Waals surface area contributed by atoms with Crippen molar-refractivity contribution in [3.05, 3.63) is 83.7 Å². The van der Waals surface area contributed by atoms with Crippen LogP contribution in [0.4, 0.5) is 10.2 Å². The number of nitrogens with one attached hydrogen (secondary N) is 2. The van der Waals surface area contributed by atoms with E-state index in [2.05, 4.69) is 20.3 Å². The highest BCUT2D eigenvalue weighted by molar-refractivity contribution is 5.93. The lowest BCUT2D eigenvalue weighted by Gasteiger charge is -2.25. The zero-order valence-electron chi connectivity index (χ0n) is 18.2. The first-order valence-corrected chi connectivity index (χ1v) is 11.1. The Hall–Kier alpha value is -4.20. The number of amides is 1. The van der Waals surface area contributed by atoms with Gasteiger partial charge in [-0.3, -0.25) is 4.79 Å². The molecule has 0 saturated heterocycles. The van der Waals surface area contributed by atoms with Crippen molar-refractivity contribution < 1.29 is 18.7 Å². The predicted molar refractivity (Wildman–Crippen MR) is 124 cm³/mol. The highest BCUT2D eigenvalue weighted by atomic mass is 19.1. The van der Waals surface area contributed by atoms with Crippen LogP contribution < -0.4 is 14.8 Å². The number of fused-ring (bicyclic) bond motifs is 2. The van der Waals surface area contributed by atoms with Crippen molar-refractivity contribution in [1.29, 1.82) is 0 Å². The number of nitrogens with zero attached hydrogens (tertiary/aromatic N) is 2. The Labute approximate surface area is 195 Å². The molecule has 7 nitrogen and oxygen atoms in total. The second kappa shape index (κ2) is 8.30. The van der Waals surface area contributed by atoms with E-state index in [1.165, 1.54) is 12.1 Å². The zero-order chi connectivity index (χ0) is 23.1. The molecule has 0 radical (unpaired) electrons. The lowest BCUT2D eigenvalue weighted by Crippen LogP contribution is -2.20. The monoisotopic (exact) mass is 456 g/mol. The van der Waals surface area contributed by atoms with Crippen molar-refractivity contribution in [2.24, 2.45) is 0 Å². The van der Waals surface area contributed by atoms with Gasteiger partial charge in [-0.2, -0.15) is 0 Å². The number of aromatic nitrogens is 3. The number of hydrogen-bond donors (Lipinski definition) is 2. The van der Waals surface area contributed by atoms with E-state index in [1.54, 1.807) is 24.5 Å². The molecule has 170 valence electrons. The van der Waals surface area contributed by atoms with Crippen LogP contribution in [0.1, 0.15) is 29.3 Å². The van der Waals surface area contributed by atoms with E-state index >= 15 is 0 Å². The van der Waals surface area contributed by atoms with Gasteiger partial charge in [0.2, 0.25) is 5.91 Å². The Morgan fingerprint density at radius 1 is 1.06 bits per heavy atom. The summed E-state index contributed by atoms with van der Waals surface area (Å²) in [6.45, 7) is 0.515. The number of ether oxygens (including phenoxy) is 2. The maximum absolute atomic E-state index is 13.2. The third kappa shape index (κ3) is 3.87. The molecule has 4 aromatic rings. The number of pyridine rings is 1. The molecule has 0 spiro atoms. The van der Waals surface area contributed by atoms with Gasteiger partial charge in [-0.25, -0.2) is 14.4 Å². The molecule has 8 heteroatoms. The van der Waals surface area contributed by atoms with Crippen molar-refractivity contribution in [2.75, 3.05) is 11.9 Å². The summed E-state index contributed by atoms with van der Waals surface area (Å²) in [4.78, 5) is 23.8. The van der Waals surface area contributed by atoms with Crippen LogP contribution in [0, 0.1) is 5.82 Å². The van der Waals surface area contributed by atoms with Crippen LogP contribution >= 0.6 is 0 Å². The van der Waals surface area contributed by atoms with E-state index in [-0.39, 0.29) is 17.6 Å². The first kappa shape index (κ1) is 20.4. The Morgan fingerprint density at radius 3 is 2.82 bits per heavy atom. The zero-order valence-corrected chi connectivity index (χ0v) is 18.2. The molecule has 4 heterocycles. The van der Waals surface area contributed by atoms with Gasteiger partial charge in [0.25, 0.3) is 0 Å². The molecule has 1 unspecified atom stereocenters. The number of rotatable bonds is 4. The lowest BCUT2D eigenvalue weighted by atomic mass is 9.96. The summed E-state index contributed by atoms with van der Waals surface area (Å²) in [7, 11) is 0. The molecule has 0 fully saturated rings. The van der Waals surface area contributed by atoms with Crippen molar-refractivity contribution in [3.63, 3.8) is 0 Å². The minimum Gasteiger partial charge on any atom is -0.493 e. The molecule has 2 aromatic heterocycles. The summed E-state index contributed by atoms with van der Waals surface area (Å²) in [5.74, 6) is 3.36. The van der Waals surface area contributed by atoms with Crippen LogP contribution in [0.15, 0.2) is 60.9 Å². The molecule has 0 bridgehead atoms. The Balaban J connectivity index is 1.22. The molecule has 2 N–H and O–H groups in total. The maximum Gasteiger partial charge on any atom is 0.225 e. The molecule has 1 atom stereocenters. The molecule has 34 heavy (non-hydrogen) atoms. The third-order valence-corrected chi connectivity index (χ3v) is 6.18. The largest absolute Gasteiger partial charge is 0.493 e. The molecule has 2 aliphatic rings. The second-order valence-electron chi connectivity index (χ2n) is 8.46. The van der Waals surface area contributed by atoms with Crippen molar-refractivity contribution in [2.45, 2.75) is 25.2 Å². The molecule has 0 aliphatic carbocycles. The predicted octanol–water partition coefficient (Wildman–Crippen LogP) is 5.01. The first-order valence-electron chi connectivity index (χ1n) is 11.1. The van der Waals surface area contributed by atoms with Crippen molar-refractivity contribution in [3.8, 4) is 28.5 Å². The minimum atomic E-state index is -0.268.